The first-order valence-electron chi connectivity index (χ1n) is 6.46. The van der Waals surface area contributed by atoms with Crippen molar-refractivity contribution in [3.8, 4) is 0 Å². The molecule has 0 saturated carbocycles. The van der Waals surface area contributed by atoms with Gasteiger partial charge in [-0.2, -0.15) is 0 Å². The summed E-state index contributed by atoms with van der Waals surface area (Å²) in [5, 5.41) is 14.5. The van der Waals surface area contributed by atoms with Crippen LogP contribution in [0, 0.1) is 5.92 Å². The van der Waals surface area contributed by atoms with Crippen molar-refractivity contribution in [3.05, 3.63) is 0 Å². The minimum absolute atomic E-state index is 0.275. The number of carbonyl (C=O) groups is 2. The zero-order valence-electron chi connectivity index (χ0n) is 11.1. The average Bonchev–Trinajstić information content (AvgIpc) is 2.75. The standard InChI is InChI=1S/C12H23N3O3/c1-3-15-5-4-10(8-15)6-13-7-11(12(17)18)14-9(2)16/h10-11,13H,3-8H2,1-2H3,(H,14,16)(H,17,18). The Hall–Kier alpha value is -1.14. The van der Waals surface area contributed by atoms with Gasteiger partial charge in [0.2, 0.25) is 5.91 Å². The number of rotatable bonds is 7. The second-order valence-corrected chi connectivity index (χ2v) is 4.80. The molecule has 0 aliphatic carbocycles. The van der Waals surface area contributed by atoms with Crippen molar-refractivity contribution in [1.82, 2.24) is 15.5 Å². The molecule has 104 valence electrons. The predicted molar refractivity (Wildman–Crippen MR) is 68.3 cm³/mol. The van der Waals surface area contributed by atoms with E-state index in [1.54, 1.807) is 0 Å². The van der Waals surface area contributed by atoms with Crippen molar-refractivity contribution in [1.29, 1.82) is 0 Å². The second-order valence-electron chi connectivity index (χ2n) is 4.80. The summed E-state index contributed by atoms with van der Waals surface area (Å²) in [6, 6.07) is -0.841. The molecule has 2 unspecified atom stereocenters. The monoisotopic (exact) mass is 257 g/mol. The van der Waals surface area contributed by atoms with Gasteiger partial charge >= 0.3 is 5.97 Å². The fourth-order valence-corrected chi connectivity index (χ4v) is 2.24. The molecule has 1 saturated heterocycles. The predicted octanol–water partition coefficient (Wildman–Crippen LogP) is -0.493. The van der Waals surface area contributed by atoms with E-state index in [0.717, 1.165) is 32.6 Å². The number of hydrogen-bond donors (Lipinski definition) is 3. The summed E-state index contributed by atoms with van der Waals surface area (Å²) in [5.41, 5.74) is 0. The molecule has 6 heteroatoms. The van der Waals surface area contributed by atoms with E-state index >= 15 is 0 Å². The molecule has 0 bridgehead atoms. The van der Waals surface area contributed by atoms with Crippen molar-refractivity contribution < 1.29 is 14.7 Å². The maximum absolute atomic E-state index is 10.9. The van der Waals surface area contributed by atoms with Gasteiger partial charge in [0.05, 0.1) is 0 Å². The van der Waals surface area contributed by atoms with Gasteiger partial charge in [0.15, 0.2) is 0 Å². The first-order valence-corrected chi connectivity index (χ1v) is 6.46. The van der Waals surface area contributed by atoms with Gasteiger partial charge in [0.25, 0.3) is 0 Å². The summed E-state index contributed by atoms with van der Waals surface area (Å²) < 4.78 is 0. The van der Waals surface area contributed by atoms with E-state index in [-0.39, 0.29) is 12.5 Å². The summed E-state index contributed by atoms with van der Waals surface area (Å²) in [6.45, 7) is 7.81. The van der Waals surface area contributed by atoms with Crippen LogP contribution in [-0.2, 0) is 9.59 Å². The first-order chi connectivity index (χ1) is 8.52. The Kier molecular flexibility index (Phi) is 6.07. The number of aliphatic carboxylic acids is 1. The Morgan fingerprint density at radius 3 is 2.72 bits per heavy atom. The smallest absolute Gasteiger partial charge is 0.327 e. The number of carboxylic acids is 1. The third kappa shape index (κ3) is 5.01. The zero-order valence-corrected chi connectivity index (χ0v) is 11.1. The molecule has 0 aromatic rings. The van der Waals surface area contributed by atoms with E-state index in [2.05, 4.69) is 22.5 Å². The molecule has 1 rings (SSSR count). The Morgan fingerprint density at radius 1 is 1.50 bits per heavy atom. The van der Waals surface area contributed by atoms with Crippen molar-refractivity contribution in [2.45, 2.75) is 26.3 Å². The van der Waals surface area contributed by atoms with Crippen LogP contribution in [0.25, 0.3) is 0 Å². The number of nitrogens with one attached hydrogen (secondary N) is 2. The molecule has 1 aliphatic heterocycles. The Bertz CT molecular complexity index is 296. The average molecular weight is 257 g/mol. The fraction of sp³-hybridized carbons (Fsp3) is 0.833. The van der Waals surface area contributed by atoms with Crippen LogP contribution in [0.2, 0.25) is 0 Å². The van der Waals surface area contributed by atoms with Crippen molar-refractivity contribution in [2.75, 3.05) is 32.7 Å². The quantitative estimate of drug-likeness (QED) is 0.573. The van der Waals surface area contributed by atoms with Crippen molar-refractivity contribution in [2.24, 2.45) is 5.92 Å². The van der Waals surface area contributed by atoms with Gasteiger partial charge in [-0.05, 0) is 32.0 Å². The molecule has 1 heterocycles. The molecule has 3 N–H and O–H groups in total. The van der Waals surface area contributed by atoms with Crippen LogP contribution in [0.4, 0.5) is 0 Å². The van der Waals surface area contributed by atoms with Crippen LogP contribution in [-0.4, -0.2) is 60.6 Å². The molecule has 18 heavy (non-hydrogen) atoms. The molecule has 0 aromatic heterocycles. The maximum Gasteiger partial charge on any atom is 0.327 e. The van der Waals surface area contributed by atoms with Crippen LogP contribution in [0.1, 0.15) is 20.3 Å². The van der Waals surface area contributed by atoms with E-state index in [1.165, 1.54) is 6.92 Å². The zero-order chi connectivity index (χ0) is 13.5. The lowest BCUT2D eigenvalue weighted by Crippen LogP contribution is -2.47. The Balaban J connectivity index is 2.22. The lowest BCUT2D eigenvalue weighted by molar-refractivity contribution is -0.141. The first kappa shape index (κ1) is 14.9. The molecular formula is C12H23N3O3. The number of amides is 1. The molecule has 1 aliphatic rings. The second kappa shape index (κ2) is 7.33. The van der Waals surface area contributed by atoms with Gasteiger partial charge in [0, 0.05) is 20.0 Å². The van der Waals surface area contributed by atoms with Gasteiger partial charge in [-0.15, -0.1) is 0 Å². The molecule has 0 spiro atoms. The minimum Gasteiger partial charge on any atom is -0.480 e. The van der Waals surface area contributed by atoms with Gasteiger partial charge in [-0.25, -0.2) is 4.79 Å². The number of likely N-dealkylation sites (tertiary alicyclic amines) is 1. The van der Waals surface area contributed by atoms with Crippen molar-refractivity contribution in [3.63, 3.8) is 0 Å². The highest BCUT2D eigenvalue weighted by Gasteiger charge is 2.22. The topological polar surface area (TPSA) is 81.7 Å². The van der Waals surface area contributed by atoms with E-state index in [4.69, 9.17) is 5.11 Å². The highest BCUT2D eigenvalue weighted by atomic mass is 16.4. The van der Waals surface area contributed by atoms with Crippen LogP contribution in [0.15, 0.2) is 0 Å². The highest BCUT2D eigenvalue weighted by molar-refractivity contribution is 5.82. The van der Waals surface area contributed by atoms with Crippen LogP contribution < -0.4 is 10.6 Å². The molecule has 1 amide bonds. The highest BCUT2D eigenvalue weighted by Crippen LogP contribution is 2.14. The number of nitrogens with zero attached hydrogens (tertiary/aromatic N) is 1. The number of carboxylic acid groups (broad SMARTS) is 1. The van der Waals surface area contributed by atoms with Gasteiger partial charge in [0.1, 0.15) is 6.04 Å². The summed E-state index contributed by atoms with van der Waals surface area (Å²) in [4.78, 5) is 24.1. The Morgan fingerprint density at radius 2 is 2.22 bits per heavy atom. The van der Waals surface area contributed by atoms with E-state index in [9.17, 15) is 9.59 Å². The third-order valence-electron chi connectivity index (χ3n) is 3.27. The lowest BCUT2D eigenvalue weighted by atomic mass is 10.1. The number of hydrogen-bond acceptors (Lipinski definition) is 4. The summed E-state index contributed by atoms with van der Waals surface area (Å²) in [7, 11) is 0. The van der Waals surface area contributed by atoms with Gasteiger partial charge in [-0.1, -0.05) is 6.92 Å². The SMILES string of the molecule is CCN1CCC(CNCC(NC(C)=O)C(=O)O)C1. The van der Waals surface area contributed by atoms with Gasteiger partial charge < -0.3 is 20.6 Å². The van der Waals surface area contributed by atoms with Crippen LogP contribution in [0.5, 0.6) is 0 Å². The third-order valence-corrected chi connectivity index (χ3v) is 3.27. The molecule has 0 aromatic carbocycles. The van der Waals surface area contributed by atoms with Crippen LogP contribution in [0.3, 0.4) is 0 Å². The maximum atomic E-state index is 10.9. The van der Waals surface area contributed by atoms with E-state index < -0.39 is 12.0 Å². The van der Waals surface area contributed by atoms with Gasteiger partial charge in [-0.3, -0.25) is 4.79 Å². The summed E-state index contributed by atoms with van der Waals surface area (Å²) in [5.74, 6) is -0.738. The normalized spacial score (nSPS) is 21.8. The van der Waals surface area contributed by atoms with Crippen LogP contribution >= 0.6 is 0 Å². The Labute approximate surface area is 108 Å². The largest absolute Gasteiger partial charge is 0.480 e. The molecule has 0 radical (unpaired) electrons. The minimum atomic E-state index is -1.00. The fourth-order valence-electron chi connectivity index (χ4n) is 2.24. The molecule has 1 fully saturated rings. The summed E-state index contributed by atoms with van der Waals surface area (Å²) >= 11 is 0. The van der Waals surface area contributed by atoms with Crippen molar-refractivity contribution >= 4 is 11.9 Å². The van der Waals surface area contributed by atoms with E-state index in [1.807, 2.05) is 0 Å². The van der Waals surface area contributed by atoms with E-state index in [0.29, 0.717) is 5.92 Å². The molecule has 6 nitrogen and oxygen atoms in total. The lowest BCUT2D eigenvalue weighted by Gasteiger charge is -2.17. The summed E-state index contributed by atoms with van der Waals surface area (Å²) in [6.07, 6.45) is 1.15. The molecule has 2 atom stereocenters. The number of carbonyl (C=O) groups excluding carboxylic acids is 1. The molecular weight excluding hydrogens is 234 g/mol.